The van der Waals surface area contributed by atoms with Gasteiger partial charge in [0, 0.05) is 45.7 Å². The molecule has 0 aliphatic carbocycles. The Balaban J connectivity index is 0.00000225. The van der Waals surface area contributed by atoms with E-state index in [2.05, 4.69) is 4.90 Å². The molecule has 1 amide bonds. The molecule has 96 valence electrons. The van der Waals surface area contributed by atoms with Crippen LogP contribution in [0, 0.1) is 0 Å². The largest absolute Gasteiger partial charge is 0.395 e. The topological polar surface area (TPSA) is 69.8 Å². The van der Waals surface area contributed by atoms with Crippen LogP contribution in [0.15, 0.2) is 0 Å². The minimum absolute atomic E-state index is 0. The second kappa shape index (κ2) is 8.75. The van der Waals surface area contributed by atoms with Crippen LogP contribution in [0.3, 0.4) is 0 Å². The first-order chi connectivity index (χ1) is 7.27. The van der Waals surface area contributed by atoms with Gasteiger partial charge in [-0.1, -0.05) is 0 Å². The summed E-state index contributed by atoms with van der Waals surface area (Å²) >= 11 is 0. The number of aliphatic hydroxyl groups excluding tert-OH is 1. The van der Waals surface area contributed by atoms with Crippen LogP contribution in [0.1, 0.15) is 12.8 Å². The molecule has 1 saturated heterocycles. The first kappa shape index (κ1) is 15.6. The minimum Gasteiger partial charge on any atom is -0.395 e. The van der Waals surface area contributed by atoms with Crippen LogP contribution < -0.4 is 5.73 Å². The minimum atomic E-state index is 0. The lowest BCUT2D eigenvalue weighted by atomic mass is 10.4. The molecule has 1 rings (SSSR count). The molecule has 1 heterocycles. The van der Waals surface area contributed by atoms with Crippen LogP contribution in [-0.2, 0) is 4.79 Å². The highest BCUT2D eigenvalue weighted by atomic mass is 35.5. The van der Waals surface area contributed by atoms with Crippen molar-refractivity contribution in [1.82, 2.24) is 9.80 Å². The summed E-state index contributed by atoms with van der Waals surface area (Å²) in [5, 5.41) is 8.84. The van der Waals surface area contributed by atoms with Crippen LogP contribution >= 0.6 is 12.4 Å². The summed E-state index contributed by atoms with van der Waals surface area (Å²) in [5.74, 6) is 0.256. The number of carbonyl (C=O) groups is 1. The molecule has 1 fully saturated rings. The van der Waals surface area contributed by atoms with Crippen molar-refractivity contribution in [3.8, 4) is 0 Å². The van der Waals surface area contributed by atoms with Gasteiger partial charge in [0.2, 0.25) is 5.91 Å². The van der Waals surface area contributed by atoms with E-state index < -0.39 is 0 Å². The van der Waals surface area contributed by atoms with Crippen molar-refractivity contribution in [3.63, 3.8) is 0 Å². The number of amides is 1. The SMILES string of the molecule is Cl.NCCN(CCO)CCN1CCCC1=O. The van der Waals surface area contributed by atoms with Gasteiger partial charge in [-0.2, -0.15) is 0 Å². The number of rotatable bonds is 7. The molecule has 0 spiro atoms. The van der Waals surface area contributed by atoms with Gasteiger partial charge in [0.1, 0.15) is 0 Å². The van der Waals surface area contributed by atoms with Crippen LogP contribution in [0.25, 0.3) is 0 Å². The lowest BCUT2D eigenvalue weighted by Crippen LogP contribution is -2.39. The van der Waals surface area contributed by atoms with Crippen molar-refractivity contribution in [2.45, 2.75) is 12.8 Å². The van der Waals surface area contributed by atoms with Gasteiger partial charge in [-0.3, -0.25) is 9.69 Å². The van der Waals surface area contributed by atoms with Crippen molar-refractivity contribution in [1.29, 1.82) is 0 Å². The van der Waals surface area contributed by atoms with Gasteiger partial charge in [0.25, 0.3) is 0 Å². The third-order valence-electron chi connectivity index (χ3n) is 2.72. The predicted octanol–water partition coefficient (Wildman–Crippen LogP) is -0.716. The molecular formula is C10H22ClN3O2. The summed E-state index contributed by atoms with van der Waals surface area (Å²) in [6.45, 7) is 4.61. The van der Waals surface area contributed by atoms with Crippen molar-refractivity contribution in [2.75, 3.05) is 45.9 Å². The van der Waals surface area contributed by atoms with E-state index in [4.69, 9.17) is 10.8 Å². The Bertz CT molecular complexity index is 199. The second-order valence-electron chi connectivity index (χ2n) is 3.84. The van der Waals surface area contributed by atoms with Gasteiger partial charge in [-0.05, 0) is 6.42 Å². The van der Waals surface area contributed by atoms with E-state index in [-0.39, 0.29) is 24.9 Å². The van der Waals surface area contributed by atoms with E-state index in [1.807, 2.05) is 4.90 Å². The normalized spacial score (nSPS) is 15.7. The Morgan fingerprint density at radius 3 is 2.62 bits per heavy atom. The van der Waals surface area contributed by atoms with E-state index in [1.165, 1.54) is 0 Å². The highest BCUT2D eigenvalue weighted by Gasteiger charge is 2.19. The van der Waals surface area contributed by atoms with Gasteiger partial charge in [-0.15, -0.1) is 12.4 Å². The molecule has 16 heavy (non-hydrogen) atoms. The lowest BCUT2D eigenvalue weighted by Gasteiger charge is -2.24. The molecule has 0 aromatic heterocycles. The number of likely N-dealkylation sites (tertiary alicyclic amines) is 1. The highest BCUT2D eigenvalue weighted by molar-refractivity contribution is 5.85. The standard InChI is InChI=1S/C10H21N3O2.ClH/c11-3-5-12(8-9-14)6-7-13-4-1-2-10(13)15;/h14H,1-9,11H2;1H. The van der Waals surface area contributed by atoms with Gasteiger partial charge in [0.05, 0.1) is 6.61 Å². The third kappa shape index (κ3) is 5.12. The number of nitrogens with two attached hydrogens (primary N) is 1. The molecule has 0 unspecified atom stereocenters. The molecule has 0 radical (unpaired) electrons. The predicted molar refractivity (Wildman–Crippen MR) is 65.6 cm³/mol. The molecule has 1 aliphatic heterocycles. The monoisotopic (exact) mass is 251 g/mol. The quantitative estimate of drug-likeness (QED) is 0.627. The molecule has 0 bridgehead atoms. The van der Waals surface area contributed by atoms with E-state index in [1.54, 1.807) is 0 Å². The number of halogens is 1. The molecule has 6 heteroatoms. The number of nitrogens with zero attached hydrogens (tertiary/aromatic N) is 2. The molecular weight excluding hydrogens is 230 g/mol. The Labute approximate surface area is 103 Å². The number of aliphatic hydroxyl groups is 1. The summed E-state index contributed by atoms with van der Waals surface area (Å²) in [7, 11) is 0. The molecule has 3 N–H and O–H groups in total. The summed E-state index contributed by atoms with van der Waals surface area (Å²) in [6.07, 6.45) is 1.67. The maximum absolute atomic E-state index is 11.3. The fourth-order valence-corrected chi connectivity index (χ4v) is 1.86. The average molecular weight is 252 g/mol. The van der Waals surface area contributed by atoms with Crippen LogP contribution in [-0.4, -0.2) is 66.7 Å². The Morgan fingerprint density at radius 1 is 1.38 bits per heavy atom. The summed E-state index contributed by atoms with van der Waals surface area (Å²) in [5.41, 5.74) is 5.47. The summed E-state index contributed by atoms with van der Waals surface area (Å²) in [6, 6.07) is 0. The maximum atomic E-state index is 11.3. The Hall–Kier alpha value is -0.360. The van der Waals surface area contributed by atoms with E-state index in [0.717, 1.165) is 32.6 Å². The maximum Gasteiger partial charge on any atom is 0.222 e. The van der Waals surface area contributed by atoms with Crippen molar-refractivity contribution < 1.29 is 9.90 Å². The van der Waals surface area contributed by atoms with Gasteiger partial charge in [0.15, 0.2) is 0 Å². The van der Waals surface area contributed by atoms with Gasteiger partial charge >= 0.3 is 0 Å². The molecule has 5 nitrogen and oxygen atoms in total. The van der Waals surface area contributed by atoms with Crippen molar-refractivity contribution in [3.05, 3.63) is 0 Å². The number of hydrogen-bond donors (Lipinski definition) is 2. The highest BCUT2D eigenvalue weighted by Crippen LogP contribution is 2.08. The average Bonchev–Trinajstić information content (AvgIpc) is 2.61. The summed E-state index contributed by atoms with van der Waals surface area (Å²) in [4.78, 5) is 15.3. The van der Waals surface area contributed by atoms with Crippen LogP contribution in [0.4, 0.5) is 0 Å². The second-order valence-corrected chi connectivity index (χ2v) is 3.84. The third-order valence-corrected chi connectivity index (χ3v) is 2.72. The molecule has 0 aromatic rings. The number of hydrogen-bond acceptors (Lipinski definition) is 4. The Kier molecular flexibility index (Phi) is 8.56. The number of carbonyl (C=O) groups excluding carboxylic acids is 1. The molecule has 0 saturated carbocycles. The zero-order chi connectivity index (χ0) is 11.1. The Morgan fingerprint density at radius 2 is 2.12 bits per heavy atom. The first-order valence-electron chi connectivity index (χ1n) is 5.59. The van der Waals surface area contributed by atoms with Gasteiger partial charge < -0.3 is 15.7 Å². The fraction of sp³-hybridized carbons (Fsp3) is 0.900. The van der Waals surface area contributed by atoms with Crippen molar-refractivity contribution in [2.24, 2.45) is 5.73 Å². The van der Waals surface area contributed by atoms with E-state index >= 15 is 0 Å². The van der Waals surface area contributed by atoms with E-state index in [0.29, 0.717) is 19.5 Å². The van der Waals surface area contributed by atoms with Gasteiger partial charge in [-0.25, -0.2) is 0 Å². The molecule has 0 aromatic carbocycles. The molecule has 0 atom stereocenters. The first-order valence-corrected chi connectivity index (χ1v) is 5.59. The van der Waals surface area contributed by atoms with E-state index in [9.17, 15) is 4.79 Å². The zero-order valence-corrected chi connectivity index (χ0v) is 10.4. The van der Waals surface area contributed by atoms with Crippen LogP contribution in [0.5, 0.6) is 0 Å². The fourth-order valence-electron chi connectivity index (χ4n) is 1.86. The summed E-state index contributed by atoms with van der Waals surface area (Å²) < 4.78 is 0. The zero-order valence-electron chi connectivity index (χ0n) is 9.60. The smallest absolute Gasteiger partial charge is 0.222 e. The van der Waals surface area contributed by atoms with Crippen LogP contribution in [0.2, 0.25) is 0 Å². The lowest BCUT2D eigenvalue weighted by molar-refractivity contribution is -0.127. The van der Waals surface area contributed by atoms with Crippen molar-refractivity contribution >= 4 is 18.3 Å². The molecule has 1 aliphatic rings.